The molecule has 0 bridgehead atoms. The van der Waals surface area contributed by atoms with Gasteiger partial charge >= 0.3 is 0 Å². The minimum absolute atomic E-state index is 0.0589. The van der Waals surface area contributed by atoms with E-state index in [2.05, 4.69) is 14.7 Å². The number of rotatable bonds is 5. The molecule has 0 saturated heterocycles. The van der Waals surface area contributed by atoms with Gasteiger partial charge in [0.25, 0.3) is 10.0 Å². The highest BCUT2D eigenvalue weighted by atomic mass is 32.2. The molecule has 0 amide bonds. The molecule has 2 aromatic rings. The molecule has 2 rings (SSSR count). The van der Waals surface area contributed by atoms with Crippen LogP contribution in [-0.4, -0.2) is 28.7 Å². The first-order valence-electron chi connectivity index (χ1n) is 5.86. The number of aryl methyl sites for hydroxylation is 2. The zero-order valence-corrected chi connectivity index (χ0v) is 12.9. The van der Waals surface area contributed by atoms with E-state index in [1.165, 1.54) is 18.5 Å². The molecule has 2 heterocycles. The van der Waals surface area contributed by atoms with Crippen molar-refractivity contribution in [3.05, 3.63) is 23.1 Å². The predicted octanol–water partition coefficient (Wildman–Crippen LogP) is 1.67. The summed E-state index contributed by atoms with van der Waals surface area (Å²) in [6.07, 6.45) is 1.47. The largest absolute Gasteiger partial charge is 0.334 e. The van der Waals surface area contributed by atoms with Crippen molar-refractivity contribution in [2.24, 2.45) is 0 Å². The van der Waals surface area contributed by atoms with Crippen LogP contribution in [0.25, 0.3) is 0 Å². The van der Waals surface area contributed by atoms with E-state index in [1.54, 1.807) is 11.5 Å². The van der Waals surface area contributed by atoms with Crippen molar-refractivity contribution in [3.63, 3.8) is 0 Å². The van der Waals surface area contributed by atoms with Crippen LogP contribution in [0.15, 0.2) is 16.6 Å². The lowest BCUT2D eigenvalue weighted by Crippen LogP contribution is -2.13. The van der Waals surface area contributed by atoms with E-state index >= 15 is 0 Å². The second-order valence-electron chi connectivity index (χ2n) is 4.11. The molecule has 0 radical (unpaired) electrons. The summed E-state index contributed by atoms with van der Waals surface area (Å²) in [7, 11) is -3.78. The molecular weight excluding hydrogens is 300 g/mol. The van der Waals surface area contributed by atoms with Crippen molar-refractivity contribution in [1.82, 2.24) is 14.5 Å². The molecule has 0 spiro atoms. The fraction of sp³-hybridized carbons (Fsp3) is 0.364. The zero-order valence-electron chi connectivity index (χ0n) is 11.2. The van der Waals surface area contributed by atoms with Gasteiger partial charge in [0.15, 0.2) is 15.9 Å². The fourth-order valence-electron chi connectivity index (χ4n) is 1.58. The van der Waals surface area contributed by atoms with Crippen LogP contribution >= 0.6 is 11.3 Å². The van der Waals surface area contributed by atoms with Gasteiger partial charge in [-0.2, -0.15) is 8.42 Å². The number of hydrogen-bond donors (Lipinski definition) is 1. The van der Waals surface area contributed by atoms with Crippen LogP contribution in [0.5, 0.6) is 0 Å². The SMILES string of the molecule is CCn1cc(S(=O)(=O)Nc2nc(C(C)=O)cs2)nc1C. The van der Waals surface area contributed by atoms with Crippen LogP contribution in [0.3, 0.4) is 0 Å². The van der Waals surface area contributed by atoms with Crippen molar-refractivity contribution < 1.29 is 13.2 Å². The molecule has 0 aromatic carbocycles. The second-order valence-corrected chi connectivity index (χ2v) is 6.60. The number of carbonyl (C=O) groups is 1. The number of carbonyl (C=O) groups excluding carboxylic acids is 1. The number of anilines is 1. The van der Waals surface area contributed by atoms with E-state index in [0.29, 0.717) is 12.4 Å². The second kappa shape index (κ2) is 5.33. The topological polar surface area (TPSA) is 94.0 Å². The Bertz CT molecular complexity index is 746. The number of ketones is 1. The van der Waals surface area contributed by atoms with Crippen LogP contribution in [-0.2, 0) is 16.6 Å². The van der Waals surface area contributed by atoms with Gasteiger partial charge in [-0.15, -0.1) is 11.3 Å². The standard InChI is InChI=1S/C11H14N4O3S2/c1-4-15-5-10(12-8(15)3)20(17,18)14-11-13-9(6-19-11)7(2)16/h5-6H,4H2,1-3H3,(H,13,14). The Kier molecular flexibility index (Phi) is 3.91. The lowest BCUT2D eigenvalue weighted by molar-refractivity contribution is 0.101. The highest BCUT2D eigenvalue weighted by molar-refractivity contribution is 7.92. The van der Waals surface area contributed by atoms with Crippen molar-refractivity contribution in [2.45, 2.75) is 32.3 Å². The molecular formula is C11H14N4O3S2. The first kappa shape index (κ1) is 14.7. The van der Waals surface area contributed by atoms with Gasteiger partial charge in [0.1, 0.15) is 11.5 Å². The molecule has 20 heavy (non-hydrogen) atoms. The Morgan fingerprint density at radius 3 is 2.65 bits per heavy atom. The number of nitrogens with one attached hydrogen (secondary N) is 1. The van der Waals surface area contributed by atoms with Crippen LogP contribution < -0.4 is 4.72 Å². The van der Waals surface area contributed by atoms with Gasteiger partial charge in [-0.05, 0) is 13.8 Å². The Morgan fingerprint density at radius 2 is 2.15 bits per heavy atom. The summed E-state index contributed by atoms with van der Waals surface area (Å²) in [6, 6.07) is 0. The molecule has 7 nitrogen and oxygen atoms in total. The van der Waals surface area contributed by atoms with Crippen molar-refractivity contribution >= 4 is 32.3 Å². The molecule has 0 aliphatic heterocycles. The summed E-state index contributed by atoms with van der Waals surface area (Å²) >= 11 is 1.06. The average Bonchev–Trinajstić information content (AvgIpc) is 2.95. The fourth-order valence-corrected chi connectivity index (χ4v) is 3.59. The van der Waals surface area contributed by atoms with Crippen molar-refractivity contribution in [3.8, 4) is 0 Å². The average molecular weight is 314 g/mol. The lowest BCUT2D eigenvalue weighted by Gasteiger charge is -2.00. The number of thiazole rings is 1. The summed E-state index contributed by atoms with van der Waals surface area (Å²) in [6.45, 7) is 5.65. The molecule has 0 aliphatic carbocycles. The molecule has 0 aliphatic rings. The van der Waals surface area contributed by atoms with Gasteiger partial charge < -0.3 is 4.57 Å². The lowest BCUT2D eigenvalue weighted by atomic mass is 10.4. The third-order valence-corrected chi connectivity index (χ3v) is 4.75. The van der Waals surface area contributed by atoms with E-state index in [9.17, 15) is 13.2 Å². The molecule has 2 aromatic heterocycles. The van der Waals surface area contributed by atoms with E-state index in [1.807, 2.05) is 6.92 Å². The maximum Gasteiger partial charge on any atom is 0.282 e. The minimum atomic E-state index is -3.78. The van der Waals surface area contributed by atoms with E-state index in [4.69, 9.17) is 0 Å². The Hall–Kier alpha value is -1.74. The quantitative estimate of drug-likeness (QED) is 0.847. The Morgan fingerprint density at radius 1 is 1.45 bits per heavy atom. The van der Waals surface area contributed by atoms with Gasteiger partial charge in [0, 0.05) is 25.0 Å². The Labute approximate surface area is 120 Å². The number of nitrogens with zero attached hydrogens (tertiary/aromatic N) is 3. The molecule has 0 atom stereocenters. The van der Waals surface area contributed by atoms with E-state index < -0.39 is 10.0 Å². The summed E-state index contributed by atoms with van der Waals surface area (Å²) in [5.74, 6) is 0.411. The molecule has 1 N–H and O–H groups in total. The minimum Gasteiger partial charge on any atom is -0.334 e. The van der Waals surface area contributed by atoms with E-state index in [0.717, 1.165) is 11.3 Å². The highest BCUT2D eigenvalue weighted by Crippen LogP contribution is 2.20. The zero-order chi connectivity index (χ0) is 14.9. The summed E-state index contributed by atoms with van der Waals surface area (Å²) in [4.78, 5) is 19.1. The summed E-state index contributed by atoms with van der Waals surface area (Å²) in [5.41, 5.74) is 0.239. The Balaban J connectivity index is 2.27. The van der Waals surface area contributed by atoms with Crippen LogP contribution in [0.2, 0.25) is 0 Å². The normalized spacial score (nSPS) is 11.6. The number of imidazole rings is 1. The maximum atomic E-state index is 12.2. The summed E-state index contributed by atoms with van der Waals surface area (Å²) < 4.78 is 28.4. The number of aromatic nitrogens is 3. The van der Waals surface area contributed by atoms with Crippen molar-refractivity contribution in [1.29, 1.82) is 0 Å². The smallest absolute Gasteiger partial charge is 0.282 e. The molecule has 108 valence electrons. The van der Waals surface area contributed by atoms with Crippen LogP contribution in [0.1, 0.15) is 30.2 Å². The first-order chi connectivity index (χ1) is 9.33. The monoisotopic (exact) mass is 314 g/mol. The number of Topliss-reactive ketones (excluding diaryl/α,β-unsaturated/α-hetero) is 1. The molecule has 0 saturated carbocycles. The van der Waals surface area contributed by atoms with Gasteiger partial charge in [0.2, 0.25) is 0 Å². The first-order valence-corrected chi connectivity index (χ1v) is 8.23. The third-order valence-electron chi connectivity index (χ3n) is 2.66. The highest BCUT2D eigenvalue weighted by Gasteiger charge is 2.20. The van der Waals surface area contributed by atoms with E-state index in [-0.39, 0.29) is 21.6 Å². The predicted molar refractivity (Wildman–Crippen MR) is 75.6 cm³/mol. The van der Waals surface area contributed by atoms with Gasteiger partial charge in [-0.1, -0.05) is 0 Å². The maximum absolute atomic E-state index is 12.2. The van der Waals surface area contributed by atoms with Crippen molar-refractivity contribution in [2.75, 3.05) is 4.72 Å². The van der Waals surface area contributed by atoms with Crippen LogP contribution in [0.4, 0.5) is 5.13 Å². The molecule has 0 unspecified atom stereocenters. The summed E-state index contributed by atoms with van der Waals surface area (Å²) in [5, 5.41) is 1.60. The van der Waals surface area contributed by atoms with Gasteiger partial charge in [0.05, 0.1) is 0 Å². The van der Waals surface area contributed by atoms with Gasteiger partial charge in [-0.3, -0.25) is 9.52 Å². The van der Waals surface area contributed by atoms with Crippen LogP contribution in [0, 0.1) is 6.92 Å². The third kappa shape index (κ3) is 2.88. The molecule has 9 heteroatoms. The number of sulfonamides is 1. The van der Waals surface area contributed by atoms with Gasteiger partial charge in [-0.25, -0.2) is 9.97 Å². The molecule has 0 fully saturated rings. The number of hydrogen-bond acceptors (Lipinski definition) is 6.